The summed E-state index contributed by atoms with van der Waals surface area (Å²) in [6.45, 7) is 0.977. The van der Waals surface area contributed by atoms with Gasteiger partial charge in [-0.2, -0.15) is 10.8 Å². The molecule has 0 spiro atoms. The first-order valence-corrected chi connectivity index (χ1v) is 9.79. The Hall–Kier alpha value is -3.58. The number of fused-ring (bicyclic) bond motifs is 1. The standard InChI is InChI=1S/C24H22N5O/c25-14-17-4-1-5-18(12-17)16-30-21-9-3-8-20(13-21)24-28-23(19-6-2-7-19)22-15-27-10-11-29(22,24)26/h1-13,15H,14,16,25-26H2/q+1. The topological polar surface area (TPSA) is 86.0 Å². The van der Waals surface area contributed by atoms with Gasteiger partial charge in [0.1, 0.15) is 24.3 Å². The van der Waals surface area contributed by atoms with Crippen molar-refractivity contribution in [1.29, 1.82) is 0 Å². The number of nitrogens with zero attached hydrogens (tertiary/aromatic N) is 3. The summed E-state index contributed by atoms with van der Waals surface area (Å²) in [6, 6.07) is 16.0. The van der Waals surface area contributed by atoms with E-state index >= 15 is 0 Å². The first-order valence-electron chi connectivity index (χ1n) is 9.79. The Kier molecular flexibility index (Phi) is 4.52. The number of aliphatic imine (C=N–C) groups is 2. The van der Waals surface area contributed by atoms with E-state index in [0.717, 1.165) is 45.2 Å². The third-order valence-corrected chi connectivity index (χ3v) is 5.34. The molecule has 3 aliphatic rings. The van der Waals surface area contributed by atoms with Gasteiger partial charge in [0.05, 0.1) is 18.0 Å². The number of rotatable bonds is 6. The van der Waals surface area contributed by atoms with Crippen LogP contribution in [-0.2, 0) is 13.2 Å². The van der Waals surface area contributed by atoms with Gasteiger partial charge in [0.2, 0.25) is 5.70 Å². The lowest BCUT2D eigenvalue weighted by atomic mass is 10.0. The monoisotopic (exact) mass is 396 g/mol. The summed E-state index contributed by atoms with van der Waals surface area (Å²) in [5, 5.41) is 0. The molecule has 1 aliphatic carbocycles. The van der Waals surface area contributed by atoms with Crippen molar-refractivity contribution in [2.75, 3.05) is 0 Å². The molecule has 0 saturated heterocycles. The maximum Gasteiger partial charge on any atom is 0.265 e. The van der Waals surface area contributed by atoms with Crippen LogP contribution in [0.25, 0.3) is 0 Å². The van der Waals surface area contributed by atoms with Gasteiger partial charge < -0.3 is 10.5 Å². The molecule has 0 aromatic heterocycles. The van der Waals surface area contributed by atoms with Gasteiger partial charge in [-0.3, -0.25) is 4.99 Å². The first-order chi connectivity index (χ1) is 14.7. The molecule has 148 valence electrons. The van der Waals surface area contributed by atoms with E-state index in [2.05, 4.69) is 11.1 Å². The van der Waals surface area contributed by atoms with Crippen LogP contribution in [0.4, 0.5) is 0 Å². The Balaban J connectivity index is 1.42. The summed E-state index contributed by atoms with van der Waals surface area (Å²) in [7, 11) is 0. The highest BCUT2D eigenvalue weighted by atomic mass is 16.5. The summed E-state index contributed by atoms with van der Waals surface area (Å²) in [5.41, 5.74) is 11.6. The quantitative estimate of drug-likeness (QED) is 0.579. The lowest BCUT2D eigenvalue weighted by molar-refractivity contribution is -0.750. The second kappa shape index (κ2) is 7.35. The fraction of sp³-hybridized carbons (Fsp3) is 0.0833. The van der Waals surface area contributed by atoms with Crippen LogP contribution >= 0.6 is 0 Å². The van der Waals surface area contributed by atoms with E-state index < -0.39 is 0 Å². The molecule has 6 nitrogen and oxygen atoms in total. The number of quaternary nitrogens is 1. The SMILES string of the molecule is NCc1cccc(COc2cccc(C3=NC(C4=CC=C4)=C4C=NC=C[N+]34N)c2)c1. The lowest BCUT2D eigenvalue weighted by Crippen LogP contribution is -2.53. The molecule has 2 aromatic rings. The number of amidine groups is 1. The number of benzene rings is 2. The molecular weight excluding hydrogens is 374 g/mol. The number of nitrogens with two attached hydrogens (primary N) is 2. The molecule has 1 atom stereocenters. The van der Waals surface area contributed by atoms with E-state index in [-0.39, 0.29) is 4.59 Å². The van der Waals surface area contributed by atoms with E-state index in [4.69, 9.17) is 21.3 Å². The predicted octanol–water partition coefficient (Wildman–Crippen LogP) is 3.44. The van der Waals surface area contributed by atoms with Gasteiger partial charge in [0.25, 0.3) is 5.84 Å². The average molecular weight is 396 g/mol. The van der Waals surface area contributed by atoms with Crippen LogP contribution in [0.5, 0.6) is 5.75 Å². The summed E-state index contributed by atoms with van der Waals surface area (Å²) < 4.78 is 6.04. The Morgan fingerprint density at radius 1 is 1.03 bits per heavy atom. The zero-order valence-electron chi connectivity index (χ0n) is 16.4. The minimum absolute atomic E-state index is 0.00792. The number of hydrogen-bond acceptors (Lipinski definition) is 5. The van der Waals surface area contributed by atoms with Crippen LogP contribution < -0.4 is 16.3 Å². The highest BCUT2D eigenvalue weighted by Gasteiger charge is 2.44. The number of allylic oxidation sites excluding steroid dienone is 4. The van der Waals surface area contributed by atoms with E-state index in [1.165, 1.54) is 0 Å². The van der Waals surface area contributed by atoms with Crippen LogP contribution in [0.1, 0.15) is 16.7 Å². The fourth-order valence-corrected chi connectivity index (χ4v) is 3.68. The predicted molar refractivity (Wildman–Crippen MR) is 118 cm³/mol. The largest absolute Gasteiger partial charge is 0.489 e. The fourth-order valence-electron chi connectivity index (χ4n) is 3.68. The summed E-state index contributed by atoms with van der Waals surface area (Å²) in [5.74, 6) is 8.25. The van der Waals surface area contributed by atoms with Crippen molar-refractivity contribution in [1.82, 2.24) is 0 Å². The third-order valence-electron chi connectivity index (χ3n) is 5.34. The van der Waals surface area contributed by atoms with Crippen molar-refractivity contribution in [2.24, 2.45) is 21.6 Å². The smallest absolute Gasteiger partial charge is 0.265 e. The van der Waals surface area contributed by atoms with Gasteiger partial charge in [-0.25, -0.2) is 0 Å². The molecule has 6 heteroatoms. The van der Waals surface area contributed by atoms with Crippen LogP contribution in [0.15, 0.2) is 106 Å². The molecule has 0 radical (unpaired) electrons. The molecule has 0 fully saturated rings. The molecule has 2 aromatic carbocycles. The lowest BCUT2D eigenvalue weighted by Gasteiger charge is -2.26. The van der Waals surface area contributed by atoms with E-state index in [1.807, 2.05) is 66.9 Å². The molecule has 5 rings (SSSR count). The van der Waals surface area contributed by atoms with Crippen molar-refractivity contribution >= 4 is 12.1 Å². The average Bonchev–Trinajstić information content (AvgIpc) is 3.04. The zero-order chi connectivity index (χ0) is 20.6. The summed E-state index contributed by atoms with van der Waals surface area (Å²) in [4.78, 5) is 9.15. The minimum atomic E-state index is -0.00792. The highest BCUT2D eigenvalue weighted by molar-refractivity contribution is 6.01. The van der Waals surface area contributed by atoms with Crippen LogP contribution in [0, 0.1) is 0 Å². The second-order valence-electron chi connectivity index (χ2n) is 7.34. The van der Waals surface area contributed by atoms with E-state index in [0.29, 0.717) is 13.2 Å². The van der Waals surface area contributed by atoms with Gasteiger partial charge >= 0.3 is 0 Å². The molecule has 0 bridgehead atoms. The maximum absolute atomic E-state index is 6.76. The Labute approximate surface area is 175 Å². The first kappa shape index (κ1) is 18.4. The molecule has 0 amide bonds. The van der Waals surface area contributed by atoms with Gasteiger partial charge in [-0.1, -0.05) is 48.6 Å². The highest BCUT2D eigenvalue weighted by Crippen LogP contribution is 2.36. The Morgan fingerprint density at radius 2 is 1.87 bits per heavy atom. The van der Waals surface area contributed by atoms with E-state index in [9.17, 15) is 0 Å². The minimum Gasteiger partial charge on any atom is -0.489 e. The Bertz CT molecular complexity index is 1200. The van der Waals surface area contributed by atoms with Crippen molar-refractivity contribution in [3.8, 4) is 5.75 Å². The van der Waals surface area contributed by atoms with Gasteiger partial charge in [0, 0.05) is 12.1 Å². The van der Waals surface area contributed by atoms with Gasteiger partial charge in [-0.05, 0) is 29.3 Å². The molecule has 2 aliphatic heterocycles. The van der Waals surface area contributed by atoms with Crippen molar-refractivity contribution in [3.05, 3.63) is 113 Å². The molecule has 1 unspecified atom stereocenters. The van der Waals surface area contributed by atoms with Crippen molar-refractivity contribution in [2.45, 2.75) is 13.2 Å². The molecular formula is C24H22N5O+. The zero-order valence-corrected chi connectivity index (χ0v) is 16.4. The van der Waals surface area contributed by atoms with Crippen LogP contribution in [0.3, 0.4) is 0 Å². The Morgan fingerprint density at radius 3 is 2.67 bits per heavy atom. The number of hydrogen-bond donors (Lipinski definition) is 2. The normalized spacial score (nSPS) is 21.3. The molecule has 2 heterocycles. The van der Waals surface area contributed by atoms with Crippen LogP contribution in [-0.4, -0.2) is 16.6 Å². The molecule has 4 N–H and O–H groups in total. The molecule has 0 saturated carbocycles. The number of ether oxygens (including phenoxy) is 1. The van der Waals surface area contributed by atoms with Gasteiger partial charge in [-0.15, -0.1) is 4.59 Å². The molecule has 30 heavy (non-hydrogen) atoms. The van der Waals surface area contributed by atoms with Crippen molar-refractivity contribution in [3.63, 3.8) is 0 Å². The van der Waals surface area contributed by atoms with Crippen molar-refractivity contribution < 1.29 is 9.33 Å². The summed E-state index contributed by atoms with van der Waals surface area (Å²) >= 11 is 0. The van der Waals surface area contributed by atoms with Crippen LogP contribution in [0.2, 0.25) is 0 Å². The van der Waals surface area contributed by atoms with E-state index in [1.54, 1.807) is 12.4 Å². The summed E-state index contributed by atoms with van der Waals surface area (Å²) in [6.07, 6.45) is 11.4. The second-order valence-corrected chi connectivity index (χ2v) is 7.34. The van der Waals surface area contributed by atoms with Gasteiger partial charge in [0.15, 0.2) is 0 Å². The third kappa shape index (κ3) is 3.13. The maximum atomic E-state index is 6.76.